The Balaban J connectivity index is 1.59. The lowest BCUT2D eigenvalue weighted by Crippen LogP contribution is -2.26. The number of hydrogen-bond donors (Lipinski definition) is 1. The third-order valence-electron chi connectivity index (χ3n) is 5.28. The zero-order chi connectivity index (χ0) is 18.3. The third kappa shape index (κ3) is 3.57. The molecule has 1 N–H and O–H groups in total. The Hall–Kier alpha value is -2.05. The van der Waals surface area contributed by atoms with Gasteiger partial charge in [0.25, 0.3) is 0 Å². The summed E-state index contributed by atoms with van der Waals surface area (Å²) < 4.78 is 43.1. The molecule has 2 aliphatic rings. The van der Waals surface area contributed by atoms with Crippen molar-refractivity contribution in [2.75, 3.05) is 5.32 Å². The van der Waals surface area contributed by atoms with Crippen LogP contribution in [0.25, 0.3) is 11.3 Å². The highest BCUT2D eigenvalue weighted by molar-refractivity contribution is 5.64. The molecule has 2 aromatic rings. The van der Waals surface area contributed by atoms with Gasteiger partial charge < -0.3 is 5.32 Å². The van der Waals surface area contributed by atoms with Crippen molar-refractivity contribution in [3.63, 3.8) is 0 Å². The molecule has 0 spiro atoms. The number of alkyl halides is 2. The van der Waals surface area contributed by atoms with Crippen molar-refractivity contribution in [1.82, 2.24) is 14.8 Å². The van der Waals surface area contributed by atoms with E-state index < -0.39 is 11.9 Å². The van der Waals surface area contributed by atoms with Gasteiger partial charge in [0.15, 0.2) is 0 Å². The molecule has 2 aliphatic carbocycles. The second-order valence-corrected chi connectivity index (χ2v) is 7.38. The molecule has 26 heavy (non-hydrogen) atoms. The highest BCUT2D eigenvalue weighted by atomic mass is 19.3. The van der Waals surface area contributed by atoms with Crippen LogP contribution in [0.5, 0.6) is 0 Å². The van der Waals surface area contributed by atoms with Gasteiger partial charge in [0, 0.05) is 25.1 Å². The van der Waals surface area contributed by atoms with Crippen LogP contribution in [0.15, 0.2) is 18.3 Å². The molecule has 0 saturated heterocycles. The molecule has 0 bridgehead atoms. The first-order valence-electron chi connectivity index (χ1n) is 9.34. The number of nitrogens with one attached hydrogen (secondary N) is 1. The van der Waals surface area contributed by atoms with Crippen molar-refractivity contribution < 1.29 is 13.2 Å². The monoisotopic (exact) mass is 364 g/mol. The van der Waals surface area contributed by atoms with E-state index in [4.69, 9.17) is 0 Å². The molecule has 2 fully saturated rings. The summed E-state index contributed by atoms with van der Waals surface area (Å²) in [6.45, 7) is 1.98. The number of anilines is 1. The predicted octanol–water partition coefficient (Wildman–Crippen LogP) is 4.97. The number of aromatic nitrogens is 3. The van der Waals surface area contributed by atoms with Gasteiger partial charge in [0.05, 0.1) is 11.6 Å². The van der Waals surface area contributed by atoms with Gasteiger partial charge in [-0.3, -0.25) is 4.68 Å². The van der Waals surface area contributed by atoms with Crippen LogP contribution in [0.3, 0.4) is 0 Å². The molecule has 0 radical (unpaired) electrons. The number of pyridine rings is 1. The van der Waals surface area contributed by atoms with Gasteiger partial charge >= 0.3 is 0 Å². The van der Waals surface area contributed by atoms with E-state index in [-0.39, 0.29) is 18.9 Å². The molecule has 4 rings (SSSR count). The quantitative estimate of drug-likeness (QED) is 0.762. The van der Waals surface area contributed by atoms with Gasteiger partial charge in [-0.25, -0.2) is 13.8 Å². The Morgan fingerprint density at radius 1 is 1.19 bits per heavy atom. The minimum absolute atomic E-state index is 0.0551. The SMILES string of the molecule is CCc1cn(C2CCC(F)(F)CC2)nc1-c1ccc(NC2CC2)nc1F. The van der Waals surface area contributed by atoms with Crippen LogP contribution in [-0.4, -0.2) is 26.7 Å². The zero-order valence-corrected chi connectivity index (χ0v) is 14.8. The summed E-state index contributed by atoms with van der Waals surface area (Å²) in [5.74, 6) is -2.58. The number of rotatable bonds is 5. The molecular weight excluding hydrogens is 341 g/mol. The van der Waals surface area contributed by atoms with Crippen molar-refractivity contribution in [2.24, 2.45) is 0 Å². The first-order valence-corrected chi connectivity index (χ1v) is 9.34. The van der Waals surface area contributed by atoms with E-state index in [1.54, 1.807) is 16.8 Å². The minimum Gasteiger partial charge on any atom is -0.367 e. The fourth-order valence-corrected chi connectivity index (χ4v) is 3.52. The lowest BCUT2D eigenvalue weighted by Gasteiger charge is -2.28. The van der Waals surface area contributed by atoms with E-state index in [0.29, 0.717) is 42.4 Å². The van der Waals surface area contributed by atoms with E-state index in [1.165, 1.54) is 0 Å². The molecule has 2 saturated carbocycles. The Kier molecular flexibility index (Phi) is 4.40. The second-order valence-electron chi connectivity index (χ2n) is 7.38. The number of halogens is 3. The van der Waals surface area contributed by atoms with E-state index >= 15 is 0 Å². The molecule has 2 heterocycles. The van der Waals surface area contributed by atoms with Crippen LogP contribution >= 0.6 is 0 Å². The number of aryl methyl sites for hydroxylation is 1. The second kappa shape index (κ2) is 6.59. The highest BCUT2D eigenvalue weighted by Gasteiger charge is 2.36. The van der Waals surface area contributed by atoms with Crippen LogP contribution in [0, 0.1) is 5.95 Å². The van der Waals surface area contributed by atoms with Crippen molar-refractivity contribution >= 4 is 5.82 Å². The van der Waals surface area contributed by atoms with Crippen molar-refractivity contribution in [1.29, 1.82) is 0 Å². The molecule has 2 aromatic heterocycles. The predicted molar refractivity (Wildman–Crippen MR) is 93.9 cm³/mol. The van der Waals surface area contributed by atoms with Gasteiger partial charge in [-0.1, -0.05) is 6.92 Å². The average molecular weight is 364 g/mol. The van der Waals surface area contributed by atoms with E-state index in [0.717, 1.165) is 18.4 Å². The molecule has 7 heteroatoms. The normalized spacial score (nSPS) is 20.3. The minimum atomic E-state index is -2.57. The maximum Gasteiger partial charge on any atom is 0.248 e. The molecule has 4 nitrogen and oxygen atoms in total. The van der Waals surface area contributed by atoms with Crippen molar-refractivity contribution in [3.05, 3.63) is 29.8 Å². The van der Waals surface area contributed by atoms with Crippen LogP contribution in [0.1, 0.15) is 57.1 Å². The molecule has 140 valence electrons. The fourth-order valence-electron chi connectivity index (χ4n) is 3.52. The Morgan fingerprint density at radius 3 is 2.54 bits per heavy atom. The Morgan fingerprint density at radius 2 is 1.92 bits per heavy atom. The van der Waals surface area contributed by atoms with Gasteiger partial charge in [-0.15, -0.1) is 0 Å². The molecule has 0 aromatic carbocycles. The summed E-state index contributed by atoms with van der Waals surface area (Å²) in [4.78, 5) is 4.02. The summed E-state index contributed by atoms with van der Waals surface area (Å²) in [6.07, 6.45) is 5.30. The maximum atomic E-state index is 14.6. The smallest absolute Gasteiger partial charge is 0.248 e. The van der Waals surface area contributed by atoms with E-state index in [2.05, 4.69) is 15.4 Å². The molecule has 0 unspecified atom stereocenters. The summed E-state index contributed by atoms with van der Waals surface area (Å²) >= 11 is 0. The standard InChI is InChI=1S/C19H23F3N4/c1-2-12-11-26(14-7-9-19(21,22)10-8-14)25-17(12)15-5-6-16(24-18(15)20)23-13-3-4-13/h5-6,11,13-14H,2-4,7-10H2,1H3,(H,23,24). The highest BCUT2D eigenvalue weighted by Crippen LogP contribution is 2.39. The van der Waals surface area contributed by atoms with Crippen molar-refractivity contribution in [2.45, 2.75) is 69.9 Å². The molecule has 0 aliphatic heterocycles. The molecule has 0 amide bonds. The number of hydrogen-bond acceptors (Lipinski definition) is 3. The maximum absolute atomic E-state index is 14.6. The average Bonchev–Trinajstić information content (AvgIpc) is 3.31. The first-order chi connectivity index (χ1) is 12.4. The summed E-state index contributed by atoms with van der Waals surface area (Å²) in [5, 5.41) is 7.74. The largest absolute Gasteiger partial charge is 0.367 e. The molecular formula is C19H23F3N4. The summed E-state index contributed by atoms with van der Waals surface area (Å²) in [6, 6.07) is 3.83. The Bertz CT molecular complexity index is 788. The van der Waals surface area contributed by atoms with Crippen LogP contribution in [-0.2, 0) is 6.42 Å². The van der Waals surface area contributed by atoms with Gasteiger partial charge in [-0.05, 0) is 49.8 Å². The lowest BCUT2D eigenvalue weighted by molar-refractivity contribution is -0.0449. The van der Waals surface area contributed by atoms with Gasteiger partial charge in [0.1, 0.15) is 11.5 Å². The first kappa shape index (κ1) is 17.4. The summed E-state index contributed by atoms with van der Waals surface area (Å²) in [5.41, 5.74) is 1.84. The van der Waals surface area contributed by atoms with Crippen LogP contribution in [0.2, 0.25) is 0 Å². The Labute approximate surface area is 150 Å². The van der Waals surface area contributed by atoms with Gasteiger partial charge in [0.2, 0.25) is 11.9 Å². The summed E-state index contributed by atoms with van der Waals surface area (Å²) in [7, 11) is 0. The van der Waals surface area contributed by atoms with Crippen molar-refractivity contribution in [3.8, 4) is 11.3 Å². The fraction of sp³-hybridized carbons (Fsp3) is 0.579. The van der Waals surface area contributed by atoms with Gasteiger partial charge in [-0.2, -0.15) is 9.49 Å². The van der Waals surface area contributed by atoms with Crippen LogP contribution in [0.4, 0.5) is 19.0 Å². The van der Waals surface area contributed by atoms with E-state index in [9.17, 15) is 13.2 Å². The third-order valence-corrected chi connectivity index (χ3v) is 5.28. The van der Waals surface area contributed by atoms with E-state index in [1.807, 2.05) is 13.1 Å². The molecule has 0 atom stereocenters. The zero-order valence-electron chi connectivity index (χ0n) is 14.8. The lowest BCUT2D eigenvalue weighted by atomic mass is 9.92. The topological polar surface area (TPSA) is 42.7 Å². The number of nitrogens with zero attached hydrogens (tertiary/aromatic N) is 3. The van der Waals surface area contributed by atoms with Crippen LogP contribution < -0.4 is 5.32 Å².